The summed E-state index contributed by atoms with van der Waals surface area (Å²) in [5, 5.41) is 5.56. The molecule has 0 aromatic heterocycles. The molecule has 2 N–H and O–H groups in total. The lowest BCUT2D eigenvalue weighted by Crippen LogP contribution is -2.47. The molecule has 2 aliphatic rings. The Bertz CT molecular complexity index is 376. The summed E-state index contributed by atoms with van der Waals surface area (Å²) in [6.45, 7) is 1.72. The lowest BCUT2D eigenvalue weighted by molar-refractivity contribution is -0.134. The van der Waals surface area contributed by atoms with Gasteiger partial charge in [-0.1, -0.05) is 12.2 Å². The van der Waals surface area contributed by atoms with E-state index < -0.39 is 11.8 Å². The van der Waals surface area contributed by atoms with Crippen molar-refractivity contribution in [2.45, 2.75) is 12.2 Å². The van der Waals surface area contributed by atoms with Gasteiger partial charge in [0.15, 0.2) is 0 Å². The zero-order valence-corrected chi connectivity index (χ0v) is 12.3. The van der Waals surface area contributed by atoms with Crippen LogP contribution in [0.3, 0.4) is 0 Å². The Labute approximate surface area is 124 Å². The Morgan fingerprint density at radius 1 is 0.952 bits per heavy atom. The standard InChI is InChI=1S/C14H22N2O5/c1-19-7-5-15-13(17)11-9-3-4-10(21-9)12(11)14(18)16-6-8-20-2/h3-4,9-12H,5-8H2,1-2H3,(H,15,17)(H,16,18)/t9-,10+,11+,12-. The zero-order chi connectivity index (χ0) is 15.2. The largest absolute Gasteiger partial charge is 0.383 e. The summed E-state index contributed by atoms with van der Waals surface area (Å²) in [4.78, 5) is 24.5. The second-order valence-electron chi connectivity index (χ2n) is 5.07. The highest BCUT2D eigenvalue weighted by Crippen LogP contribution is 2.39. The van der Waals surface area contributed by atoms with Gasteiger partial charge in [0.25, 0.3) is 0 Å². The normalized spacial score (nSPS) is 29.6. The minimum atomic E-state index is -0.487. The van der Waals surface area contributed by atoms with E-state index in [1.807, 2.05) is 12.2 Å². The van der Waals surface area contributed by atoms with Crippen molar-refractivity contribution in [1.29, 1.82) is 0 Å². The predicted molar refractivity (Wildman–Crippen MR) is 74.6 cm³/mol. The van der Waals surface area contributed by atoms with E-state index in [0.29, 0.717) is 26.3 Å². The summed E-state index contributed by atoms with van der Waals surface area (Å²) in [6.07, 6.45) is 3.06. The lowest BCUT2D eigenvalue weighted by Gasteiger charge is -2.23. The van der Waals surface area contributed by atoms with Gasteiger partial charge in [-0.05, 0) is 0 Å². The molecule has 0 unspecified atom stereocenters. The van der Waals surface area contributed by atoms with Gasteiger partial charge in [0.1, 0.15) is 0 Å². The molecule has 2 rings (SSSR count). The lowest BCUT2D eigenvalue weighted by atomic mass is 9.81. The second-order valence-corrected chi connectivity index (χ2v) is 5.07. The minimum Gasteiger partial charge on any atom is -0.383 e. The number of methoxy groups -OCH3 is 2. The van der Waals surface area contributed by atoms with Gasteiger partial charge in [0, 0.05) is 27.3 Å². The smallest absolute Gasteiger partial charge is 0.227 e. The molecule has 2 aliphatic heterocycles. The third kappa shape index (κ3) is 3.61. The Morgan fingerprint density at radius 3 is 1.76 bits per heavy atom. The summed E-state index contributed by atoms with van der Waals surface area (Å²) in [5.41, 5.74) is 0. The van der Waals surface area contributed by atoms with Gasteiger partial charge < -0.3 is 24.8 Å². The molecule has 2 heterocycles. The molecule has 0 aromatic rings. The Balaban J connectivity index is 1.95. The average molecular weight is 298 g/mol. The van der Waals surface area contributed by atoms with Crippen LogP contribution in [-0.4, -0.2) is 64.5 Å². The van der Waals surface area contributed by atoms with Crippen LogP contribution >= 0.6 is 0 Å². The molecule has 0 saturated carbocycles. The topological polar surface area (TPSA) is 85.9 Å². The van der Waals surface area contributed by atoms with E-state index in [0.717, 1.165) is 0 Å². The summed E-state index contributed by atoms with van der Waals surface area (Å²) in [7, 11) is 3.14. The number of hydrogen-bond acceptors (Lipinski definition) is 5. The molecule has 2 amide bonds. The van der Waals surface area contributed by atoms with Crippen molar-refractivity contribution < 1.29 is 23.8 Å². The first-order valence-corrected chi connectivity index (χ1v) is 7.06. The van der Waals surface area contributed by atoms with Crippen LogP contribution in [0.5, 0.6) is 0 Å². The number of nitrogens with one attached hydrogen (secondary N) is 2. The number of fused-ring (bicyclic) bond motifs is 2. The fourth-order valence-corrected chi connectivity index (χ4v) is 2.72. The third-order valence-corrected chi connectivity index (χ3v) is 3.72. The predicted octanol–water partition coefficient (Wildman–Crippen LogP) is -0.919. The summed E-state index contributed by atoms with van der Waals surface area (Å²) < 4.78 is 15.5. The number of ether oxygens (including phenoxy) is 3. The number of amides is 2. The fraction of sp³-hybridized carbons (Fsp3) is 0.714. The first-order valence-electron chi connectivity index (χ1n) is 7.06. The van der Waals surface area contributed by atoms with E-state index in [2.05, 4.69) is 10.6 Å². The van der Waals surface area contributed by atoms with Crippen LogP contribution in [-0.2, 0) is 23.8 Å². The molecule has 7 heteroatoms. The van der Waals surface area contributed by atoms with E-state index in [-0.39, 0.29) is 24.0 Å². The molecule has 0 aliphatic carbocycles. The van der Waals surface area contributed by atoms with Gasteiger partial charge in [-0.2, -0.15) is 0 Å². The molecule has 0 radical (unpaired) electrons. The molecular formula is C14H22N2O5. The molecule has 1 saturated heterocycles. The Hall–Kier alpha value is -1.44. The number of hydrogen-bond donors (Lipinski definition) is 2. The van der Waals surface area contributed by atoms with Crippen LogP contribution in [0.15, 0.2) is 12.2 Å². The first-order chi connectivity index (χ1) is 10.2. The van der Waals surface area contributed by atoms with Gasteiger partial charge in [0.2, 0.25) is 11.8 Å². The Morgan fingerprint density at radius 2 is 1.38 bits per heavy atom. The zero-order valence-electron chi connectivity index (χ0n) is 12.3. The maximum atomic E-state index is 12.3. The monoisotopic (exact) mass is 298 g/mol. The maximum absolute atomic E-state index is 12.3. The van der Waals surface area contributed by atoms with E-state index in [1.165, 1.54) is 0 Å². The second kappa shape index (κ2) is 7.53. The van der Waals surface area contributed by atoms with Gasteiger partial charge in [-0.25, -0.2) is 0 Å². The minimum absolute atomic E-state index is 0.171. The average Bonchev–Trinajstić information content (AvgIpc) is 3.08. The number of carbonyl (C=O) groups excluding carboxylic acids is 2. The molecule has 2 bridgehead atoms. The van der Waals surface area contributed by atoms with Crippen LogP contribution in [0.4, 0.5) is 0 Å². The van der Waals surface area contributed by atoms with Gasteiger partial charge in [-0.15, -0.1) is 0 Å². The van der Waals surface area contributed by atoms with Gasteiger partial charge in [-0.3, -0.25) is 9.59 Å². The SMILES string of the molecule is COCCNC(=O)[C@@H]1[C@H](C(=O)NCCOC)[C@@H]2C=C[C@H]1O2. The summed E-state index contributed by atoms with van der Waals surface area (Å²) >= 11 is 0. The molecule has 7 nitrogen and oxygen atoms in total. The molecule has 0 aromatic carbocycles. The van der Waals surface area contributed by atoms with Crippen molar-refractivity contribution in [1.82, 2.24) is 10.6 Å². The van der Waals surface area contributed by atoms with Crippen LogP contribution in [0.2, 0.25) is 0 Å². The first kappa shape index (κ1) is 15.9. The molecule has 4 atom stereocenters. The molecule has 118 valence electrons. The maximum Gasteiger partial charge on any atom is 0.227 e. The highest BCUT2D eigenvalue weighted by Gasteiger charge is 2.52. The van der Waals surface area contributed by atoms with Crippen molar-refractivity contribution in [3.05, 3.63) is 12.2 Å². The van der Waals surface area contributed by atoms with Crippen molar-refractivity contribution in [3.8, 4) is 0 Å². The van der Waals surface area contributed by atoms with Crippen molar-refractivity contribution >= 4 is 11.8 Å². The molecule has 21 heavy (non-hydrogen) atoms. The molecule has 0 spiro atoms. The Kier molecular flexibility index (Phi) is 5.72. The van der Waals surface area contributed by atoms with Gasteiger partial charge in [0.05, 0.1) is 37.3 Å². The van der Waals surface area contributed by atoms with E-state index in [9.17, 15) is 9.59 Å². The van der Waals surface area contributed by atoms with Crippen LogP contribution in [0.1, 0.15) is 0 Å². The summed E-state index contributed by atoms with van der Waals surface area (Å²) in [5.74, 6) is -1.31. The highest BCUT2D eigenvalue weighted by atomic mass is 16.5. The van der Waals surface area contributed by atoms with Crippen molar-refractivity contribution in [3.63, 3.8) is 0 Å². The van der Waals surface area contributed by atoms with Crippen LogP contribution < -0.4 is 10.6 Å². The molecular weight excluding hydrogens is 276 g/mol. The number of rotatable bonds is 8. The van der Waals surface area contributed by atoms with Crippen LogP contribution in [0.25, 0.3) is 0 Å². The van der Waals surface area contributed by atoms with Crippen molar-refractivity contribution in [2.75, 3.05) is 40.5 Å². The van der Waals surface area contributed by atoms with E-state index in [4.69, 9.17) is 14.2 Å². The highest BCUT2D eigenvalue weighted by molar-refractivity contribution is 5.90. The van der Waals surface area contributed by atoms with E-state index in [1.54, 1.807) is 14.2 Å². The number of carbonyl (C=O) groups is 2. The quantitative estimate of drug-likeness (QED) is 0.447. The van der Waals surface area contributed by atoms with Crippen molar-refractivity contribution in [2.24, 2.45) is 11.8 Å². The third-order valence-electron chi connectivity index (χ3n) is 3.72. The van der Waals surface area contributed by atoms with Crippen LogP contribution in [0, 0.1) is 11.8 Å². The molecule has 1 fully saturated rings. The van der Waals surface area contributed by atoms with Gasteiger partial charge >= 0.3 is 0 Å². The van der Waals surface area contributed by atoms with E-state index >= 15 is 0 Å². The fourth-order valence-electron chi connectivity index (χ4n) is 2.72. The summed E-state index contributed by atoms with van der Waals surface area (Å²) in [6, 6.07) is 0.